The Bertz CT molecular complexity index is 361. The van der Waals surface area contributed by atoms with E-state index >= 15 is 0 Å². The van der Waals surface area contributed by atoms with Gasteiger partial charge in [-0.05, 0) is 20.3 Å². The van der Waals surface area contributed by atoms with Crippen LogP contribution in [0.3, 0.4) is 0 Å². The number of amidine groups is 1. The number of carbonyl (C=O) groups is 1. The first-order valence-corrected chi connectivity index (χ1v) is 6.42. The van der Waals surface area contributed by atoms with Gasteiger partial charge in [-0.1, -0.05) is 12.1 Å². The maximum Gasteiger partial charge on any atom is 0.236 e. The Morgan fingerprint density at radius 3 is 2.68 bits per heavy atom. The first-order valence-electron chi connectivity index (χ1n) is 6.42. The number of rotatable bonds is 4. The Morgan fingerprint density at radius 2 is 2.21 bits per heavy atom. The Balaban J connectivity index is 2.91. The largest absolute Gasteiger partial charge is 0.409 e. The summed E-state index contributed by atoms with van der Waals surface area (Å²) in [5.41, 5.74) is 4.61. The first kappa shape index (κ1) is 15.7. The van der Waals surface area contributed by atoms with Crippen LogP contribution in [0.2, 0.25) is 0 Å². The van der Waals surface area contributed by atoms with Gasteiger partial charge in [0.05, 0.1) is 18.8 Å². The van der Waals surface area contributed by atoms with Gasteiger partial charge in [0.15, 0.2) is 5.84 Å². The Hall–Kier alpha value is -1.34. The third-order valence-corrected chi connectivity index (χ3v) is 3.67. The lowest BCUT2D eigenvalue weighted by atomic mass is 9.84. The molecule has 0 aromatic rings. The van der Waals surface area contributed by atoms with Crippen molar-refractivity contribution in [3.63, 3.8) is 0 Å². The summed E-state index contributed by atoms with van der Waals surface area (Å²) in [6, 6.07) is 0. The Labute approximate surface area is 113 Å². The van der Waals surface area contributed by atoms with Crippen LogP contribution in [-0.4, -0.2) is 58.9 Å². The molecular weight excluding hydrogens is 250 g/mol. The van der Waals surface area contributed by atoms with Gasteiger partial charge in [-0.3, -0.25) is 4.79 Å². The number of hydrogen-bond donors (Lipinski definition) is 3. The molecule has 4 N–H and O–H groups in total. The molecule has 7 heteroatoms. The van der Waals surface area contributed by atoms with Gasteiger partial charge in [0.2, 0.25) is 5.91 Å². The van der Waals surface area contributed by atoms with Gasteiger partial charge in [0.1, 0.15) is 5.41 Å². The van der Waals surface area contributed by atoms with Crippen LogP contribution in [0.4, 0.5) is 0 Å². The molecule has 0 spiro atoms. The lowest BCUT2D eigenvalue weighted by Gasteiger charge is -2.40. The summed E-state index contributed by atoms with van der Waals surface area (Å²) >= 11 is 0. The second-order valence-electron chi connectivity index (χ2n) is 5.13. The van der Waals surface area contributed by atoms with E-state index in [0.717, 1.165) is 0 Å². The molecule has 0 saturated carbocycles. The van der Waals surface area contributed by atoms with Gasteiger partial charge in [-0.2, -0.15) is 0 Å². The minimum Gasteiger partial charge on any atom is -0.409 e. The predicted octanol–water partition coefficient (Wildman–Crippen LogP) is -0.243. The van der Waals surface area contributed by atoms with Crippen LogP contribution >= 0.6 is 0 Å². The van der Waals surface area contributed by atoms with Crippen molar-refractivity contribution in [2.24, 2.45) is 16.3 Å². The number of nitrogens with two attached hydrogens (primary N) is 1. The third kappa shape index (κ3) is 3.16. The molecule has 0 radical (unpaired) electrons. The minimum absolute atomic E-state index is 0.0975. The molecule has 1 aliphatic rings. The van der Waals surface area contributed by atoms with Crippen LogP contribution < -0.4 is 5.73 Å². The number of aliphatic hydroxyl groups excluding tert-OH is 1. The minimum atomic E-state index is -1.04. The van der Waals surface area contributed by atoms with Crippen LogP contribution in [0.5, 0.6) is 0 Å². The average Bonchev–Trinajstić information content (AvgIpc) is 2.43. The molecule has 3 unspecified atom stereocenters. The number of amides is 1. The summed E-state index contributed by atoms with van der Waals surface area (Å²) in [7, 11) is 0. The number of oxime groups is 1. The fourth-order valence-electron chi connectivity index (χ4n) is 2.21. The molecule has 3 atom stereocenters. The summed E-state index contributed by atoms with van der Waals surface area (Å²) in [6.45, 7) is 5.91. The normalized spacial score (nSPS) is 28.0. The summed E-state index contributed by atoms with van der Waals surface area (Å²) in [6.07, 6.45) is -0.110. The number of ether oxygens (including phenoxy) is 1. The van der Waals surface area contributed by atoms with Crippen LogP contribution in [-0.2, 0) is 9.53 Å². The zero-order chi connectivity index (χ0) is 14.6. The molecule has 1 fully saturated rings. The van der Waals surface area contributed by atoms with Gasteiger partial charge in [-0.25, -0.2) is 0 Å². The van der Waals surface area contributed by atoms with Gasteiger partial charge < -0.3 is 25.7 Å². The summed E-state index contributed by atoms with van der Waals surface area (Å²) in [4.78, 5) is 14.2. The van der Waals surface area contributed by atoms with E-state index in [9.17, 15) is 9.90 Å². The van der Waals surface area contributed by atoms with Gasteiger partial charge in [0, 0.05) is 13.1 Å². The van der Waals surface area contributed by atoms with E-state index in [-0.39, 0.29) is 30.6 Å². The highest BCUT2D eigenvalue weighted by atomic mass is 16.5. The van der Waals surface area contributed by atoms with Crippen molar-refractivity contribution in [3.8, 4) is 0 Å². The zero-order valence-electron chi connectivity index (χ0n) is 11.7. The fraction of sp³-hybridized carbons (Fsp3) is 0.833. The van der Waals surface area contributed by atoms with Crippen molar-refractivity contribution >= 4 is 11.7 Å². The maximum absolute atomic E-state index is 12.6. The van der Waals surface area contributed by atoms with E-state index in [1.54, 1.807) is 11.8 Å². The van der Waals surface area contributed by atoms with Gasteiger partial charge in [-0.15, -0.1) is 0 Å². The Morgan fingerprint density at radius 1 is 1.58 bits per heavy atom. The average molecular weight is 273 g/mol. The lowest BCUT2D eigenvalue weighted by molar-refractivity contribution is -0.153. The summed E-state index contributed by atoms with van der Waals surface area (Å²) < 4.78 is 5.49. The number of morpholine rings is 1. The molecule has 7 nitrogen and oxygen atoms in total. The van der Waals surface area contributed by atoms with Crippen molar-refractivity contribution in [3.05, 3.63) is 0 Å². The zero-order valence-corrected chi connectivity index (χ0v) is 11.7. The molecule has 0 aromatic heterocycles. The summed E-state index contributed by atoms with van der Waals surface area (Å²) in [5, 5.41) is 21.0. The van der Waals surface area contributed by atoms with Crippen molar-refractivity contribution < 1.29 is 19.8 Å². The highest BCUT2D eigenvalue weighted by molar-refractivity contribution is 6.06. The Kier molecular flexibility index (Phi) is 5.13. The van der Waals surface area contributed by atoms with E-state index < -0.39 is 5.41 Å². The predicted molar refractivity (Wildman–Crippen MR) is 69.8 cm³/mol. The quantitative estimate of drug-likeness (QED) is 0.283. The first-order chi connectivity index (χ1) is 8.88. The number of aliphatic hydroxyl groups is 1. The molecular formula is C12H23N3O4. The lowest BCUT2D eigenvalue weighted by Crippen LogP contribution is -2.56. The van der Waals surface area contributed by atoms with E-state index in [0.29, 0.717) is 19.5 Å². The molecule has 1 heterocycles. The molecule has 19 heavy (non-hydrogen) atoms. The molecule has 1 amide bonds. The molecule has 110 valence electrons. The number of hydrogen-bond acceptors (Lipinski definition) is 5. The molecule has 1 rings (SSSR count). The van der Waals surface area contributed by atoms with Crippen molar-refractivity contribution in [2.75, 3.05) is 19.7 Å². The standard InChI is InChI=1S/C12H23N3O4/c1-4-12(3,10(13)14-18)11(17)15-5-8(2)19-9(6-15)7-16/h8-9,16,18H,4-7H2,1-3H3,(H2,13,14). The van der Waals surface area contributed by atoms with Crippen LogP contribution in [0, 0.1) is 5.41 Å². The molecule has 1 aliphatic heterocycles. The van der Waals surface area contributed by atoms with E-state index in [2.05, 4.69) is 5.16 Å². The molecule has 0 aromatic carbocycles. The van der Waals surface area contributed by atoms with Gasteiger partial charge in [0.25, 0.3) is 0 Å². The third-order valence-electron chi connectivity index (χ3n) is 3.67. The van der Waals surface area contributed by atoms with Crippen molar-refractivity contribution in [2.45, 2.75) is 39.4 Å². The molecule has 0 aliphatic carbocycles. The smallest absolute Gasteiger partial charge is 0.236 e. The topological polar surface area (TPSA) is 108 Å². The highest BCUT2D eigenvalue weighted by Gasteiger charge is 2.41. The maximum atomic E-state index is 12.6. The van der Waals surface area contributed by atoms with Crippen LogP contribution in [0.1, 0.15) is 27.2 Å². The number of carbonyl (C=O) groups excluding carboxylic acids is 1. The monoisotopic (exact) mass is 273 g/mol. The van der Waals surface area contributed by atoms with E-state index in [1.807, 2.05) is 13.8 Å². The van der Waals surface area contributed by atoms with E-state index in [4.69, 9.17) is 15.7 Å². The fourth-order valence-corrected chi connectivity index (χ4v) is 2.21. The van der Waals surface area contributed by atoms with Gasteiger partial charge >= 0.3 is 0 Å². The van der Waals surface area contributed by atoms with Crippen LogP contribution in [0.15, 0.2) is 5.16 Å². The number of nitrogens with zero attached hydrogens (tertiary/aromatic N) is 2. The molecule has 1 saturated heterocycles. The van der Waals surface area contributed by atoms with Crippen molar-refractivity contribution in [1.29, 1.82) is 0 Å². The second kappa shape index (κ2) is 6.21. The van der Waals surface area contributed by atoms with Crippen molar-refractivity contribution in [1.82, 2.24) is 4.90 Å². The highest BCUT2D eigenvalue weighted by Crippen LogP contribution is 2.26. The SMILES string of the molecule is CCC(C)(C(=O)N1CC(C)OC(CO)C1)C(N)=NO. The second-order valence-corrected chi connectivity index (χ2v) is 5.13. The summed E-state index contributed by atoms with van der Waals surface area (Å²) in [5.74, 6) is -0.307. The van der Waals surface area contributed by atoms with E-state index in [1.165, 1.54) is 0 Å². The van der Waals surface area contributed by atoms with Crippen LogP contribution in [0.25, 0.3) is 0 Å². The molecule has 0 bridgehead atoms.